The first-order chi connectivity index (χ1) is 9.26. The summed E-state index contributed by atoms with van der Waals surface area (Å²) in [7, 11) is 0. The zero-order chi connectivity index (χ0) is 13.7. The van der Waals surface area contributed by atoms with Gasteiger partial charge >= 0.3 is 0 Å². The first-order valence-corrected chi connectivity index (χ1v) is 7.56. The lowest BCUT2D eigenvalue weighted by Gasteiger charge is -2.14. The summed E-state index contributed by atoms with van der Waals surface area (Å²) in [6.45, 7) is 4.88. The van der Waals surface area contributed by atoms with Crippen LogP contribution in [0.1, 0.15) is 41.7 Å². The molecule has 2 aromatic rings. The van der Waals surface area contributed by atoms with Gasteiger partial charge in [-0.3, -0.25) is 0 Å². The molecule has 0 bridgehead atoms. The van der Waals surface area contributed by atoms with Gasteiger partial charge in [0.2, 0.25) is 0 Å². The number of thiophene rings is 1. The molecule has 1 unspecified atom stereocenters. The van der Waals surface area contributed by atoms with Crippen molar-refractivity contribution >= 4 is 11.3 Å². The number of hydrogen-bond donors (Lipinski definition) is 1. The van der Waals surface area contributed by atoms with Crippen LogP contribution in [0.5, 0.6) is 5.75 Å². The summed E-state index contributed by atoms with van der Waals surface area (Å²) in [5.41, 5.74) is 0.848. The summed E-state index contributed by atoms with van der Waals surface area (Å²) in [4.78, 5) is 2.27. The molecule has 19 heavy (non-hydrogen) atoms. The van der Waals surface area contributed by atoms with Crippen molar-refractivity contribution in [2.45, 2.75) is 32.8 Å². The van der Waals surface area contributed by atoms with Crippen LogP contribution >= 0.6 is 11.3 Å². The molecule has 1 atom stereocenters. The number of aryl methyl sites for hydroxylation is 1. The molecule has 2 rings (SSSR count). The van der Waals surface area contributed by atoms with Gasteiger partial charge in [0.1, 0.15) is 11.9 Å². The Hall–Kier alpha value is -1.32. The van der Waals surface area contributed by atoms with Gasteiger partial charge in [-0.05, 0) is 31.0 Å². The number of benzene rings is 1. The third-order valence-corrected chi connectivity index (χ3v) is 4.26. The Labute approximate surface area is 118 Å². The molecule has 2 nitrogen and oxygen atoms in total. The molecule has 0 aliphatic heterocycles. The topological polar surface area (TPSA) is 29.5 Å². The van der Waals surface area contributed by atoms with Crippen molar-refractivity contribution in [3.8, 4) is 5.75 Å². The van der Waals surface area contributed by atoms with Gasteiger partial charge in [-0.2, -0.15) is 0 Å². The molecule has 1 aromatic heterocycles. The van der Waals surface area contributed by atoms with Crippen molar-refractivity contribution in [2.24, 2.45) is 0 Å². The van der Waals surface area contributed by atoms with Gasteiger partial charge in [0.05, 0.1) is 6.61 Å². The maximum atomic E-state index is 10.5. The average molecular weight is 276 g/mol. The number of rotatable bonds is 6. The standard InChI is InChI=1S/C16H20O2S/c1-3-11-18-14-8-6-5-7-13(14)16(17)15-10-9-12(4-2)19-15/h5-10,16-17H,3-4,11H2,1-2H3. The fourth-order valence-corrected chi connectivity index (χ4v) is 2.89. The predicted octanol–water partition coefficient (Wildman–Crippen LogP) is 4.18. The lowest BCUT2D eigenvalue weighted by atomic mass is 10.1. The maximum Gasteiger partial charge on any atom is 0.125 e. The molecule has 0 radical (unpaired) electrons. The zero-order valence-electron chi connectivity index (χ0n) is 11.4. The molecular weight excluding hydrogens is 256 g/mol. The SMILES string of the molecule is CCCOc1ccccc1C(O)c1ccc(CC)s1. The van der Waals surface area contributed by atoms with Crippen LogP contribution in [0.2, 0.25) is 0 Å². The highest BCUT2D eigenvalue weighted by Crippen LogP contribution is 2.33. The van der Waals surface area contributed by atoms with E-state index in [1.165, 1.54) is 4.88 Å². The number of aliphatic hydroxyl groups is 1. The van der Waals surface area contributed by atoms with E-state index in [4.69, 9.17) is 4.74 Å². The molecule has 1 heterocycles. The van der Waals surface area contributed by atoms with Gasteiger partial charge < -0.3 is 9.84 Å². The average Bonchev–Trinajstić information content (AvgIpc) is 2.93. The molecule has 0 aliphatic rings. The minimum Gasteiger partial charge on any atom is -0.493 e. The molecule has 102 valence electrons. The minimum absolute atomic E-state index is 0.599. The number of aliphatic hydroxyl groups excluding tert-OH is 1. The second-order valence-electron chi connectivity index (χ2n) is 4.45. The van der Waals surface area contributed by atoms with Gasteiger partial charge in [-0.25, -0.2) is 0 Å². The van der Waals surface area contributed by atoms with Gasteiger partial charge in [0, 0.05) is 15.3 Å². The molecule has 0 saturated heterocycles. The smallest absolute Gasteiger partial charge is 0.125 e. The fourth-order valence-electron chi connectivity index (χ4n) is 1.93. The van der Waals surface area contributed by atoms with E-state index in [9.17, 15) is 5.11 Å². The van der Waals surface area contributed by atoms with E-state index in [1.807, 2.05) is 30.3 Å². The van der Waals surface area contributed by atoms with Crippen molar-refractivity contribution in [1.29, 1.82) is 0 Å². The molecule has 0 aliphatic carbocycles. The molecule has 1 N–H and O–H groups in total. The number of ether oxygens (including phenoxy) is 1. The van der Waals surface area contributed by atoms with Gasteiger partial charge in [-0.1, -0.05) is 32.0 Å². The summed E-state index contributed by atoms with van der Waals surface area (Å²) in [5.74, 6) is 0.781. The van der Waals surface area contributed by atoms with E-state index < -0.39 is 6.10 Å². The Bertz CT molecular complexity index is 519. The number of para-hydroxylation sites is 1. The van der Waals surface area contributed by atoms with E-state index in [0.717, 1.165) is 29.0 Å². The first kappa shape index (κ1) is 14.1. The van der Waals surface area contributed by atoms with E-state index >= 15 is 0 Å². The second kappa shape index (κ2) is 6.73. The third kappa shape index (κ3) is 3.37. The lowest BCUT2D eigenvalue weighted by Crippen LogP contribution is -2.03. The van der Waals surface area contributed by atoms with E-state index in [2.05, 4.69) is 19.9 Å². The number of hydrogen-bond acceptors (Lipinski definition) is 3. The van der Waals surface area contributed by atoms with Crippen LogP contribution in [-0.4, -0.2) is 11.7 Å². The highest BCUT2D eigenvalue weighted by Gasteiger charge is 2.16. The Morgan fingerprint density at radius 3 is 2.63 bits per heavy atom. The second-order valence-corrected chi connectivity index (χ2v) is 5.65. The normalized spacial score (nSPS) is 12.4. The summed E-state index contributed by atoms with van der Waals surface area (Å²) in [6, 6.07) is 11.8. The van der Waals surface area contributed by atoms with Crippen LogP contribution in [0.3, 0.4) is 0 Å². The monoisotopic (exact) mass is 276 g/mol. The van der Waals surface area contributed by atoms with Crippen LogP contribution in [-0.2, 0) is 6.42 Å². The molecule has 1 aromatic carbocycles. The van der Waals surface area contributed by atoms with Crippen molar-refractivity contribution in [3.05, 3.63) is 51.7 Å². The highest BCUT2D eigenvalue weighted by molar-refractivity contribution is 7.12. The van der Waals surface area contributed by atoms with Crippen LogP contribution < -0.4 is 4.74 Å². The molecule has 0 fully saturated rings. The summed E-state index contributed by atoms with van der Waals surface area (Å²) < 4.78 is 5.71. The minimum atomic E-state index is -0.599. The molecule has 0 amide bonds. The largest absolute Gasteiger partial charge is 0.493 e. The van der Waals surface area contributed by atoms with Crippen LogP contribution in [0.4, 0.5) is 0 Å². The predicted molar refractivity (Wildman–Crippen MR) is 80.0 cm³/mol. The Morgan fingerprint density at radius 1 is 1.16 bits per heavy atom. The van der Waals surface area contributed by atoms with Gasteiger partial charge in [0.15, 0.2) is 0 Å². The van der Waals surface area contributed by atoms with Crippen molar-refractivity contribution in [2.75, 3.05) is 6.61 Å². The van der Waals surface area contributed by atoms with Crippen LogP contribution in [0.25, 0.3) is 0 Å². The summed E-state index contributed by atoms with van der Waals surface area (Å²) in [6.07, 6.45) is 1.37. The Balaban J connectivity index is 2.24. The summed E-state index contributed by atoms with van der Waals surface area (Å²) in [5, 5.41) is 10.5. The van der Waals surface area contributed by atoms with Crippen molar-refractivity contribution in [1.82, 2.24) is 0 Å². The Morgan fingerprint density at radius 2 is 1.95 bits per heavy atom. The maximum absolute atomic E-state index is 10.5. The quantitative estimate of drug-likeness (QED) is 0.857. The molecule has 3 heteroatoms. The Kier molecular flexibility index (Phi) is 5.00. The van der Waals surface area contributed by atoms with E-state index in [0.29, 0.717) is 6.61 Å². The summed E-state index contributed by atoms with van der Waals surface area (Å²) >= 11 is 1.66. The fraction of sp³-hybridized carbons (Fsp3) is 0.375. The zero-order valence-corrected chi connectivity index (χ0v) is 12.2. The molecular formula is C16H20O2S. The van der Waals surface area contributed by atoms with Gasteiger partial charge in [0.25, 0.3) is 0 Å². The first-order valence-electron chi connectivity index (χ1n) is 6.74. The molecule has 0 saturated carbocycles. The third-order valence-electron chi connectivity index (χ3n) is 2.98. The molecule has 0 spiro atoms. The van der Waals surface area contributed by atoms with Crippen molar-refractivity contribution < 1.29 is 9.84 Å². The lowest BCUT2D eigenvalue weighted by molar-refractivity contribution is 0.214. The van der Waals surface area contributed by atoms with E-state index in [1.54, 1.807) is 11.3 Å². The van der Waals surface area contributed by atoms with Gasteiger partial charge in [-0.15, -0.1) is 11.3 Å². The van der Waals surface area contributed by atoms with Crippen LogP contribution in [0, 0.1) is 0 Å². The van der Waals surface area contributed by atoms with Crippen molar-refractivity contribution in [3.63, 3.8) is 0 Å². The van der Waals surface area contributed by atoms with E-state index in [-0.39, 0.29) is 0 Å². The highest BCUT2D eigenvalue weighted by atomic mass is 32.1. The van der Waals surface area contributed by atoms with Crippen LogP contribution in [0.15, 0.2) is 36.4 Å².